The Hall–Kier alpha value is -1.46. The minimum atomic E-state index is 0.0384. The van der Waals surface area contributed by atoms with E-state index in [1.165, 1.54) is 6.42 Å². The standard InChI is InChI=1S/C17H25N3O2/c1-19-8-3-5-14(13-19)15-6-2-7-16(18-15)17(21)20-9-4-11-22-12-10-20/h2,6-7,14H,3-5,8-13H2,1H3/t14-/m1/s1. The molecule has 2 saturated heterocycles. The van der Waals surface area contributed by atoms with E-state index in [0.29, 0.717) is 24.8 Å². The van der Waals surface area contributed by atoms with Crippen LogP contribution >= 0.6 is 0 Å². The van der Waals surface area contributed by atoms with Crippen molar-refractivity contribution in [3.05, 3.63) is 29.6 Å². The van der Waals surface area contributed by atoms with Crippen molar-refractivity contribution in [2.45, 2.75) is 25.2 Å². The molecule has 3 heterocycles. The molecule has 0 bridgehead atoms. The third kappa shape index (κ3) is 3.65. The molecule has 0 radical (unpaired) electrons. The molecule has 2 aliphatic heterocycles. The summed E-state index contributed by atoms with van der Waals surface area (Å²) in [5.41, 5.74) is 1.64. The zero-order valence-corrected chi connectivity index (χ0v) is 13.3. The second-order valence-corrected chi connectivity index (χ2v) is 6.31. The highest BCUT2D eigenvalue weighted by atomic mass is 16.5. The summed E-state index contributed by atoms with van der Waals surface area (Å²) >= 11 is 0. The van der Waals surface area contributed by atoms with Crippen molar-refractivity contribution in [3.63, 3.8) is 0 Å². The molecule has 5 nitrogen and oxygen atoms in total. The number of carbonyl (C=O) groups is 1. The number of nitrogens with zero attached hydrogens (tertiary/aromatic N) is 3. The maximum Gasteiger partial charge on any atom is 0.272 e. The molecule has 1 aromatic rings. The minimum Gasteiger partial charge on any atom is -0.380 e. The van der Waals surface area contributed by atoms with E-state index < -0.39 is 0 Å². The second kappa shape index (κ2) is 7.20. The third-order valence-corrected chi connectivity index (χ3v) is 4.54. The van der Waals surface area contributed by atoms with E-state index in [2.05, 4.69) is 23.0 Å². The summed E-state index contributed by atoms with van der Waals surface area (Å²) in [6, 6.07) is 5.87. The predicted octanol–water partition coefficient (Wildman–Crippen LogP) is 1.75. The summed E-state index contributed by atoms with van der Waals surface area (Å²) < 4.78 is 5.42. The third-order valence-electron chi connectivity index (χ3n) is 4.54. The van der Waals surface area contributed by atoms with Crippen molar-refractivity contribution in [2.75, 3.05) is 46.4 Å². The summed E-state index contributed by atoms with van der Waals surface area (Å²) in [7, 11) is 2.15. The van der Waals surface area contributed by atoms with E-state index >= 15 is 0 Å². The molecule has 0 saturated carbocycles. The van der Waals surface area contributed by atoms with Gasteiger partial charge in [-0.2, -0.15) is 0 Å². The summed E-state index contributed by atoms with van der Waals surface area (Å²) in [5, 5.41) is 0. The first-order chi connectivity index (χ1) is 10.7. The van der Waals surface area contributed by atoms with Crippen LogP contribution in [-0.2, 0) is 4.74 Å². The largest absolute Gasteiger partial charge is 0.380 e. The number of pyridine rings is 1. The molecule has 1 aromatic heterocycles. The van der Waals surface area contributed by atoms with Gasteiger partial charge in [-0.25, -0.2) is 4.98 Å². The van der Waals surface area contributed by atoms with Crippen LogP contribution in [0.2, 0.25) is 0 Å². The number of likely N-dealkylation sites (tertiary alicyclic amines) is 1. The first-order valence-electron chi connectivity index (χ1n) is 8.26. The van der Waals surface area contributed by atoms with Gasteiger partial charge in [-0.1, -0.05) is 6.07 Å². The Morgan fingerprint density at radius 1 is 1.23 bits per heavy atom. The van der Waals surface area contributed by atoms with E-state index in [0.717, 1.165) is 44.8 Å². The molecule has 120 valence electrons. The van der Waals surface area contributed by atoms with Crippen molar-refractivity contribution in [2.24, 2.45) is 0 Å². The Morgan fingerprint density at radius 2 is 2.14 bits per heavy atom. The van der Waals surface area contributed by atoms with Gasteiger partial charge in [0.1, 0.15) is 5.69 Å². The molecule has 1 atom stereocenters. The summed E-state index contributed by atoms with van der Waals surface area (Å²) in [6.45, 7) is 4.98. The number of ether oxygens (including phenoxy) is 1. The maximum atomic E-state index is 12.6. The number of carbonyl (C=O) groups excluding carboxylic acids is 1. The highest BCUT2D eigenvalue weighted by Gasteiger charge is 2.23. The van der Waals surface area contributed by atoms with E-state index in [1.807, 2.05) is 17.0 Å². The van der Waals surface area contributed by atoms with Gasteiger partial charge < -0.3 is 14.5 Å². The highest BCUT2D eigenvalue weighted by molar-refractivity contribution is 5.92. The lowest BCUT2D eigenvalue weighted by atomic mass is 9.94. The predicted molar refractivity (Wildman–Crippen MR) is 85.0 cm³/mol. The van der Waals surface area contributed by atoms with Crippen molar-refractivity contribution < 1.29 is 9.53 Å². The second-order valence-electron chi connectivity index (χ2n) is 6.31. The molecule has 22 heavy (non-hydrogen) atoms. The lowest BCUT2D eigenvalue weighted by molar-refractivity contribution is 0.0735. The molecule has 0 aromatic carbocycles. The zero-order valence-electron chi connectivity index (χ0n) is 13.3. The smallest absolute Gasteiger partial charge is 0.272 e. The molecule has 1 amide bonds. The SMILES string of the molecule is CN1CCC[C@@H](c2cccc(C(=O)N3CCCOCC3)n2)C1. The Kier molecular flexibility index (Phi) is 5.05. The number of piperidine rings is 1. The maximum absolute atomic E-state index is 12.6. The Balaban J connectivity index is 1.73. The van der Waals surface area contributed by atoms with Gasteiger partial charge >= 0.3 is 0 Å². The van der Waals surface area contributed by atoms with Crippen LogP contribution in [0.15, 0.2) is 18.2 Å². The molecule has 0 unspecified atom stereocenters. The van der Waals surface area contributed by atoms with E-state index in [1.54, 1.807) is 0 Å². The average Bonchev–Trinajstić information content (AvgIpc) is 2.83. The van der Waals surface area contributed by atoms with Gasteiger partial charge in [-0.3, -0.25) is 4.79 Å². The van der Waals surface area contributed by atoms with Crippen LogP contribution in [0, 0.1) is 0 Å². The average molecular weight is 303 g/mol. The van der Waals surface area contributed by atoms with Crippen molar-refractivity contribution in [1.29, 1.82) is 0 Å². The molecule has 3 rings (SSSR count). The Labute approximate surface area is 132 Å². The molecular weight excluding hydrogens is 278 g/mol. The first kappa shape index (κ1) is 15.4. The zero-order chi connectivity index (χ0) is 15.4. The van der Waals surface area contributed by atoms with Gasteiger partial charge in [0, 0.05) is 37.9 Å². The van der Waals surface area contributed by atoms with Crippen molar-refractivity contribution >= 4 is 5.91 Å². The van der Waals surface area contributed by atoms with Crippen LogP contribution in [0.4, 0.5) is 0 Å². The minimum absolute atomic E-state index is 0.0384. The molecule has 0 spiro atoms. The highest BCUT2D eigenvalue weighted by Crippen LogP contribution is 2.25. The normalized spacial score (nSPS) is 24.0. The van der Waals surface area contributed by atoms with Gasteiger partial charge in [0.15, 0.2) is 0 Å². The van der Waals surface area contributed by atoms with Crippen LogP contribution in [0.25, 0.3) is 0 Å². The van der Waals surface area contributed by atoms with Crippen LogP contribution in [-0.4, -0.2) is 67.1 Å². The number of amides is 1. The number of hydrogen-bond acceptors (Lipinski definition) is 4. The van der Waals surface area contributed by atoms with Gasteiger partial charge in [0.25, 0.3) is 5.91 Å². The van der Waals surface area contributed by atoms with E-state index in [4.69, 9.17) is 4.74 Å². The summed E-state index contributed by atoms with van der Waals surface area (Å²) in [6.07, 6.45) is 3.26. The fourth-order valence-corrected chi connectivity index (χ4v) is 3.32. The topological polar surface area (TPSA) is 45.7 Å². The monoisotopic (exact) mass is 303 g/mol. The fourth-order valence-electron chi connectivity index (χ4n) is 3.32. The molecule has 2 fully saturated rings. The number of rotatable bonds is 2. The van der Waals surface area contributed by atoms with Crippen molar-refractivity contribution in [3.8, 4) is 0 Å². The molecule has 5 heteroatoms. The van der Waals surface area contributed by atoms with Crippen LogP contribution in [0.3, 0.4) is 0 Å². The van der Waals surface area contributed by atoms with Crippen LogP contribution in [0.1, 0.15) is 41.4 Å². The van der Waals surface area contributed by atoms with Gasteiger partial charge in [-0.15, -0.1) is 0 Å². The van der Waals surface area contributed by atoms with Gasteiger partial charge in [-0.05, 0) is 45.0 Å². The van der Waals surface area contributed by atoms with Gasteiger partial charge in [0.2, 0.25) is 0 Å². The van der Waals surface area contributed by atoms with Crippen molar-refractivity contribution in [1.82, 2.24) is 14.8 Å². The number of aromatic nitrogens is 1. The number of likely N-dealkylation sites (N-methyl/N-ethyl adjacent to an activating group) is 1. The van der Waals surface area contributed by atoms with E-state index in [9.17, 15) is 4.79 Å². The number of hydrogen-bond donors (Lipinski definition) is 0. The fraction of sp³-hybridized carbons (Fsp3) is 0.647. The van der Waals surface area contributed by atoms with Gasteiger partial charge in [0.05, 0.1) is 6.61 Å². The van der Waals surface area contributed by atoms with E-state index in [-0.39, 0.29) is 5.91 Å². The van der Waals surface area contributed by atoms with Crippen LogP contribution in [0.5, 0.6) is 0 Å². The Bertz CT molecular complexity index is 512. The molecular formula is C17H25N3O2. The molecule has 0 N–H and O–H groups in total. The quantitative estimate of drug-likeness (QED) is 0.835. The Morgan fingerprint density at radius 3 is 3.00 bits per heavy atom. The lowest BCUT2D eigenvalue weighted by Gasteiger charge is -2.29. The first-order valence-corrected chi connectivity index (χ1v) is 8.26. The van der Waals surface area contributed by atoms with Crippen LogP contribution < -0.4 is 0 Å². The molecule has 0 aliphatic carbocycles. The summed E-state index contributed by atoms with van der Waals surface area (Å²) in [5.74, 6) is 0.482. The molecule has 2 aliphatic rings. The summed E-state index contributed by atoms with van der Waals surface area (Å²) in [4.78, 5) is 21.5. The lowest BCUT2D eigenvalue weighted by Crippen LogP contribution is -2.34.